The van der Waals surface area contributed by atoms with Crippen molar-refractivity contribution >= 4 is 29.2 Å². The van der Waals surface area contributed by atoms with Crippen molar-refractivity contribution in [2.75, 3.05) is 0 Å². The topological polar surface area (TPSA) is 122 Å². The quantitative estimate of drug-likeness (QED) is 0.406. The van der Waals surface area contributed by atoms with Crippen molar-refractivity contribution in [2.24, 2.45) is 4.99 Å². The van der Waals surface area contributed by atoms with Gasteiger partial charge in [0.25, 0.3) is 5.69 Å². The summed E-state index contributed by atoms with van der Waals surface area (Å²) in [6.45, 7) is 0. The number of nitrogens with zero attached hydrogens (tertiary/aromatic N) is 6. The number of benzene rings is 2. The number of aromatic nitrogens is 4. The van der Waals surface area contributed by atoms with Crippen LogP contribution in [0.15, 0.2) is 47.7 Å². The van der Waals surface area contributed by atoms with Gasteiger partial charge in [-0.15, -0.1) is 5.10 Å². The lowest BCUT2D eigenvalue weighted by Crippen LogP contribution is -2.02. The van der Waals surface area contributed by atoms with Gasteiger partial charge in [-0.1, -0.05) is 11.6 Å². The van der Waals surface area contributed by atoms with Gasteiger partial charge in [-0.25, -0.2) is 4.68 Å². The van der Waals surface area contributed by atoms with E-state index in [0.717, 1.165) is 11.8 Å². The Morgan fingerprint density at radius 2 is 2.00 bits per heavy atom. The van der Waals surface area contributed by atoms with Crippen molar-refractivity contribution < 1.29 is 10.0 Å². The molecule has 0 N–H and O–H groups in total. The Kier molecular flexibility index (Phi) is 4.17. The van der Waals surface area contributed by atoms with Crippen molar-refractivity contribution in [3.8, 4) is 11.4 Å². The molecule has 9 nitrogen and oxygen atoms in total. The third-order valence-electron chi connectivity index (χ3n) is 3.08. The summed E-state index contributed by atoms with van der Waals surface area (Å²) in [4.78, 5) is 14.2. The first-order valence-electron chi connectivity index (χ1n) is 6.57. The number of nitro groups is 1. The van der Waals surface area contributed by atoms with Crippen LogP contribution >= 0.6 is 11.6 Å². The van der Waals surface area contributed by atoms with E-state index in [4.69, 9.17) is 11.6 Å². The Bertz CT molecular complexity index is 909. The van der Waals surface area contributed by atoms with Crippen LogP contribution < -0.4 is 5.11 Å². The summed E-state index contributed by atoms with van der Waals surface area (Å²) < 4.78 is 1.48. The van der Waals surface area contributed by atoms with Crippen molar-refractivity contribution in [3.05, 3.63) is 63.4 Å². The minimum atomic E-state index is -0.771. The van der Waals surface area contributed by atoms with Gasteiger partial charge in [-0.3, -0.25) is 15.1 Å². The normalized spacial score (nSPS) is 11.0. The Balaban J connectivity index is 1.87. The molecule has 0 saturated heterocycles. The average molecular weight is 344 g/mol. The highest BCUT2D eigenvalue weighted by atomic mass is 35.5. The molecule has 0 bridgehead atoms. The van der Waals surface area contributed by atoms with Crippen LogP contribution in [-0.2, 0) is 0 Å². The number of nitro benzene ring substituents is 1. The van der Waals surface area contributed by atoms with Crippen LogP contribution in [0.2, 0.25) is 5.02 Å². The lowest BCUT2D eigenvalue weighted by Gasteiger charge is -2.10. The number of halogens is 1. The average Bonchev–Trinajstić information content (AvgIpc) is 3.10. The van der Waals surface area contributed by atoms with Gasteiger partial charge in [-0.2, -0.15) is 0 Å². The fourth-order valence-electron chi connectivity index (χ4n) is 1.95. The zero-order valence-electron chi connectivity index (χ0n) is 11.9. The van der Waals surface area contributed by atoms with E-state index in [1.807, 2.05) is 0 Å². The van der Waals surface area contributed by atoms with Gasteiger partial charge in [0.2, 0.25) is 0 Å². The van der Waals surface area contributed by atoms with E-state index in [2.05, 4.69) is 20.5 Å². The zero-order chi connectivity index (χ0) is 17.1. The van der Waals surface area contributed by atoms with E-state index < -0.39 is 16.4 Å². The molecule has 0 amide bonds. The van der Waals surface area contributed by atoms with E-state index in [1.54, 1.807) is 24.3 Å². The highest BCUT2D eigenvalue weighted by Crippen LogP contribution is 2.30. The molecule has 1 heterocycles. The summed E-state index contributed by atoms with van der Waals surface area (Å²) in [6.07, 6.45) is 2.69. The Labute approximate surface area is 140 Å². The molecule has 0 saturated carbocycles. The molecule has 3 aromatic rings. The van der Waals surface area contributed by atoms with Crippen LogP contribution in [0.5, 0.6) is 5.75 Å². The Morgan fingerprint density at radius 3 is 2.62 bits per heavy atom. The highest BCUT2D eigenvalue weighted by molar-refractivity contribution is 6.31. The molecule has 0 atom stereocenters. The van der Waals surface area contributed by atoms with E-state index in [9.17, 15) is 15.2 Å². The SMILES string of the molecule is O=[N+]([O-])c1cc(Cl)cc(C=Nc2ccc(-n3cnnn3)cc2)c1[O-]. The number of hydrogen-bond donors (Lipinski definition) is 0. The smallest absolute Gasteiger partial charge is 0.263 e. The molecule has 0 unspecified atom stereocenters. The monoisotopic (exact) mass is 343 g/mol. The minimum absolute atomic E-state index is 0.0405. The van der Waals surface area contributed by atoms with Crippen LogP contribution in [0.3, 0.4) is 0 Å². The summed E-state index contributed by atoms with van der Waals surface area (Å²) in [5.41, 5.74) is 0.743. The van der Waals surface area contributed by atoms with Crippen LogP contribution in [0.1, 0.15) is 5.56 Å². The Morgan fingerprint density at radius 1 is 1.25 bits per heavy atom. The van der Waals surface area contributed by atoms with Crippen molar-refractivity contribution in [3.63, 3.8) is 0 Å². The second-order valence-electron chi connectivity index (χ2n) is 4.63. The maximum absolute atomic E-state index is 12.0. The van der Waals surface area contributed by atoms with Crippen LogP contribution in [0.25, 0.3) is 5.69 Å². The third-order valence-corrected chi connectivity index (χ3v) is 3.29. The molecule has 0 spiro atoms. The maximum Gasteiger partial charge on any atom is 0.263 e. The second kappa shape index (κ2) is 6.42. The second-order valence-corrected chi connectivity index (χ2v) is 5.07. The van der Waals surface area contributed by atoms with Crippen molar-refractivity contribution in [1.82, 2.24) is 20.2 Å². The maximum atomic E-state index is 12.0. The summed E-state index contributed by atoms with van der Waals surface area (Å²) in [5, 5.41) is 33.7. The zero-order valence-corrected chi connectivity index (χ0v) is 12.7. The summed E-state index contributed by atoms with van der Waals surface area (Å²) in [6, 6.07) is 9.20. The van der Waals surface area contributed by atoms with Gasteiger partial charge in [0.05, 0.1) is 16.3 Å². The molecule has 1 aromatic heterocycles. The number of rotatable bonds is 4. The molecule has 3 rings (SSSR count). The molecule has 120 valence electrons. The predicted molar refractivity (Wildman–Crippen MR) is 84.0 cm³/mol. The first kappa shape index (κ1) is 15.6. The molecule has 0 aliphatic heterocycles. The molecule has 0 radical (unpaired) electrons. The first-order valence-corrected chi connectivity index (χ1v) is 6.95. The lowest BCUT2D eigenvalue weighted by atomic mass is 10.2. The molecule has 0 aliphatic carbocycles. The molecular weight excluding hydrogens is 336 g/mol. The third kappa shape index (κ3) is 3.20. The summed E-state index contributed by atoms with van der Waals surface area (Å²) >= 11 is 5.80. The predicted octanol–water partition coefficient (Wildman–Crippen LogP) is 2.05. The van der Waals surface area contributed by atoms with E-state index in [-0.39, 0.29) is 10.6 Å². The van der Waals surface area contributed by atoms with E-state index in [1.165, 1.54) is 23.3 Å². The number of tetrazole rings is 1. The van der Waals surface area contributed by atoms with Crippen LogP contribution in [-0.4, -0.2) is 31.3 Å². The number of aliphatic imine (C=N–C) groups is 1. The van der Waals surface area contributed by atoms with Gasteiger partial charge < -0.3 is 5.11 Å². The van der Waals surface area contributed by atoms with Gasteiger partial charge in [0.15, 0.2) is 0 Å². The molecule has 0 fully saturated rings. The van der Waals surface area contributed by atoms with Crippen LogP contribution in [0, 0.1) is 10.1 Å². The minimum Gasteiger partial charge on any atom is -0.867 e. The fraction of sp³-hybridized carbons (Fsp3) is 0. The molecular formula is C14H8ClN6O3-. The van der Waals surface area contributed by atoms with E-state index in [0.29, 0.717) is 5.69 Å². The highest BCUT2D eigenvalue weighted by Gasteiger charge is 2.11. The largest absolute Gasteiger partial charge is 0.867 e. The standard InChI is InChI=1S/C14H9ClN6O3/c15-10-5-9(14(22)13(6-10)21(23)24)7-16-11-1-3-12(4-2-11)20-8-17-18-19-20/h1-8,22H/p-1. The molecule has 24 heavy (non-hydrogen) atoms. The van der Waals surface area contributed by atoms with Crippen molar-refractivity contribution in [1.29, 1.82) is 0 Å². The summed E-state index contributed by atoms with van der Waals surface area (Å²) in [7, 11) is 0. The molecule has 10 heteroatoms. The molecule has 2 aromatic carbocycles. The van der Waals surface area contributed by atoms with E-state index >= 15 is 0 Å². The van der Waals surface area contributed by atoms with Crippen molar-refractivity contribution in [2.45, 2.75) is 0 Å². The van der Waals surface area contributed by atoms with Gasteiger partial charge >= 0.3 is 0 Å². The summed E-state index contributed by atoms with van der Waals surface area (Å²) in [5.74, 6) is -0.738. The Hall–Kier alpha value is -3.33. The van der Waals surface area contributed by atoms with Gasteiger partial charge in [-0.05, 0) is 52.1 Å². The van der Waals surface area contributed by atoms with Gasteiger partial charge in [0, 0.05) is 17.3 Å². The number of hydrogen-bond acceptors (Lipinski definition) is 7. The van der Waals surface area contributed by atoms with Gasteiger partial charge in [0.1, 0.15) is 6.33 Å². The lowest BCUT2D eigenvalue weighted by molar-refractivity contribution is -0.398. The van der Waals surface area contributed by atoms with Crippen LogP contribution in [0.4, 0.5) is 11.4 Å². The fourth-order valence-corrected chi connectivity index (χ4v) is 2.17. The molecule has 0 aliphatic rings. The first-order chi connectivity index (χ1) is 11.5.